The lowest BCUT2D eigenvalue weighted by molar-refractivity contribution is -0.274. The number of hydrogen-bond donors (Lipinski definition) is 1. The highest BCUT2D eigenvalue weighted by Gasteiger charge is 2.35. The number of benzene rings is 2. The number of thioether (sulfide) groups is 1. The van der Waals surface area contributed by atoms with E-state index < -0.39 is 24.1 Å². The predicted molar refractivity (Wildman–Crippen MR) is 104 cm³/mol. The van der Waals surface area contributed by atoms with Crippen molar-refractivity contribution in [1.82, 2.24) is 5.32 Å². The van der Waals surface area contributed by atoms with Crippen molar-refractivity contribution in [2.75, 3.05) is 17.2 Å². The lowest BCUT2D eigenvalue weighted by atomic mass is 10.2. The van der Waals surface area contributed by atoms with Crippen LogP contribution in [0, 0.1) is 5.82 Å². The molecule has 2 aromatic rings. The van der Waals surface area contributed by atoms with Crippen LogP contribution in [0.4, 0.5) is 23.2 Å². The summed E-state index contributed by atoms with van der Waals surface area (Å²) in [6.45, 7) is 0.253. The molecule has 0 bridgehead atoms. The van der Waals surface area contributed by atoms with Crippen LogP contribution < -0.4 is 15.0 Å². The molecule has 0 spiro atoms. The number of nitrogens with one attached hydrogen (secondary N) is 1. The van der Waals surface area contributed by atoms with Crippen molar-refractivity contribution in [1.29, 1.82) is 0 Å². The molecule has 1 aliphatic heterocycles. The predicted octanol–water partition coefficient (Wildman–Crippen LogP) is 4.13. The largest absolute Gasteiger partial charge is 0.573 e. The monoisotopic (exact) mass is 442 g/mol. The molecule has 1 unspecified atom stereocenters. The van der Waals surface area contributed by atoms with Crippen LogP contribution >= 0.6 is 11.8 Å². The first-order chi connectivity index (χ1) is 14.2. The Labute approximate surface area is 174 Å². The quantitative estimate of drug-likeness (QED) is 0.518. The second-order valence-electron chi connectivity index (χ2n) is 6.47. The van der Waals surface area contributed by atoms with E-state index in [1.807, 2.05) is 0 Å². The minimum Gasteiger partial charge on any atom is -0.406 e. The van der Waals surface area contributed by atoms with E-state index in [4.69, 9.17) is 0 Å². The number of rotatable bonds is 7. The minimum atomic E-state index is -4.83. The fourth-order valence-electron chi connectivity index (χ4n) is 3.00. The number of carbonyl (C=O) groups excluding carboxylic acids is 2. The number of ether oxygens (including phenoxy) is 1. The molecule has 1 N–H and O–H groups in total. The summed E-state index contributed by atoms with van der Waals surface area (Å²) in [6.07, 6.45) is -4.40. The van der Waals surface area contributed by atoms with Gasteiger partial charge < -0.3 is 15.0 Å². The molecule has 2 aromatic carbocycles. The molecule has 0 saturated carbocycles. The molecule has 3 rings (SSSR count). The van der Waals surface area contributed by atoms with Gasteiger partial charge >= 0.3 is 6.36 Å². The van der Waals surface area contributed by atoms with E-state index in [-0.39, 0.29) is 30.4 Å². The van der Waals surface area contributed by atoms with Crippen LogP contribution in [0.15, 0.2) is 53.4 Å². The van der Waals surface area contributed by atoms with Gasteiger partial charge in [-0.15, -0.1) is 24.9 Å². The average molecular weight is 442 g/mol. The Morgan fingerprint density at radius 2 is 1.97 bits per heavy atom. The van der Waals surface area contributed by atoms with E-state index in [1.54, 1.807) is 18.2 Å². The molecule has 1 atom stereocenters. The first-order valence-corrected chi connectivity index (χ1v) is 10.1. The molecule has 0 radical (unpaired) electrons. The summed E-state index contributed by atoms with van der Waals surface area (Å²) in [5.74, 6) is -1.21. The van der Waals surface area contributed by atoms with Gasteiger partial charge in [0.1, 0.15) is 17.6 Å². The number of hydrogen-bond acceptors (Lipinski definition) is 4. The Morgan fingerprint density at radius 3 is 2.70 bits per heavy atom. The highest BCUT2D eigenvalue weighted by Crippen LogP contribution is 2.29. The maximum absolute atomic E-state index is 13.6. The third-order valence-electron chi connectivity index (χ3n) is 4.33. The lowest BCUT2D eigenvalue weighted by Gasteiger charge is -2.18. The summed E-state index contributed by atoms with van der Waals surface area (Å²) in [4.78, 5) is 26.5. The Bertz CT molecular complexity index is 923. The second kappa shape index (κ2) is 9.38. The van der Waals surface area contributed by atoms with Crippen molar-refractivity contribution in [2.45, 2.75) is 30.1 Å². The van der Waals surface area contributed by atoms with E-state index >= 15 is 0 Å². The van der Waals surface area contributed by atoms with Gasteiger partial charge in [0.15, 0.2) is 0 Å². The summed E-state index contributed by atoms with van der Waals surface area (Å²) in [6, 6.07) is 10.6. The van der Waals surface area contributed by atoms with Crippen molar-refractivity contribution < 1.29 is 31.9 Å². The van der Waals surface area contributed by atoms with Crippen LogP contribution in [0.5, 0.6) is 5.75 Å². The number of halogens is 4. The molecule has 10 heteroatoms. The van der Waals surface area contributed by atoms with Crippen LogP contribution in [0.2, 0.25) is 0 Å². The van der Waals surface area contributed by atoms with Crippen molar-refractivity contribution in [3.63, 3.8) is 0 Å². The van der Waals surface area contributed by atoms with Gasteiger partial charge in [0.05, 0.1) is 0 Å². The molecule has 1 fully saturated rings. The second-order valence-corrected chi connectivity index (χ2v) is 7.61. The Morgan fingerprint density at radius 1 is 1.20 bits per heavy atom. The van der Waals surface area contributed by atoms with E-state index in [9.17, 15) is 27.2 Å². The Kier molecular flexibility index (Phi) is 6.86. The molecular weight excluding hydrogens is 424 g/mol. The van der Waals surface area contributed by atoms with Crippen molar-refractivity contribution in [3.05, 3.63) is 54.3 Å². The maximum atomic E-state index is 13.6. The van der Waals surface area contributed by atoms with Gasteiger partial charge in [0.2, 0.25) is 11.8 Å². The molecule has 2 amide bonds. The Balaban J connectivity index is 1.52. The minimum absolute atomic E-state index is 0.0949. The van der Waals surface area contributed by atoms with E-state index in [2.05, 4.69) is 10.1 Å². The van der Waals surface area contributed by atoms with Gasteiger partial charge in [0.25, 0.3) is 0 Å². The fourth-order valence-corrected chi connectivity index (χ4v) is 3.89. The lowest BCUT2D eigenvalue weighted by Crippen LogP contribution is -2.41. The molecule has 0 aromatic heterocycles. The van der Waals surface area contributed by atoms with Crippen LogP contribution in [0.1, 0.15) is 12.8 Å². The number of carbonyl (C=O) groups is 2. The molecule has 5 nitrogen and oxygen atoms in total. The van der Waals surface area contributed by atoms with E-state index in [0.717, 1.165) is 12.1 Å². The van der Waals surface area contributed by atoms with Crippen LogP contribution in [-0.2, 0) is 9.59 Å². The number of amides is 2. The zero-order valence-corrected chi connectivity index (χ0v) is 16.4. The number of anilines is 1. The smallest absolute Gasteiger partial charge is 0.406 e. The van der Waals surface area contributed by atoms with Gasteiger partial charge in [-0.25, -0.2) is 4.39 Å². The summed E-state index contributed by atoms with van der Waals surface area (Å²) < 4.78 is 54.6. The van der Waals surface area contributed by atoms with Crippen molar-refractivity contribution >= 4 is 29.3 Å². The molecule has 1 heterocycles. The van der Waals surface area contributed by atoms with Crippen molar-refractivity contribution in [2.24, 2.45) is 0 Å². The van der Waals surface area contributed by atoms with E-state index in [0.29, 0.717) is 17.1 Å². The van der Waals surface area contributed by atoms with Crippen LogP contribution in [-0.4, -0.2) is 36.5 Å². The average Bonchev–Trinajstić information content (AvgIpc) is 3.02. The molecular formula is C20H18F4N2O3S. The standard InChI is InChI=1S/C20H18F4N2O3S/c21-15-6-1-2-7-17(15)30-11-9-18(27)25-16-8-10-26(19(16)28)13-4-3-5-14(12-13)29-20(22,23)24/h1-7,12,16H,8-11H2,(H,25,27). The number of nitrogens with zero attached hydrogens (tertiary/aromatic N) is 1. The maximum Gasteiger partial charge on any atom is 0.573 e. The van der Waals surface area contributed by atoms with Crippen LogP contribution in [0.3, 0.4) is 0 Å². The fraction of sp³-hybridized carbons (Fsp3) is 0.300. The molecule has 160 valence electrons. The zero-order valence-electron chi connectivity index (χ0n) is 15.6. The number of alkyl halides is 3. The summed E-state index contributed by atoms with van der Waals surface area (Å²) in [5, 5.41) is 2.63. The van der Waals surface area contributed by atoms with Gasteiger partial charge in [-0.3, -0.25) is 9.59 Å². The summed E-state index contributed by atoms with van der Waals surface area (Å²) >= 11 is 1.20. The topological polar surface area (TPSA) is 58.6 Å². The normalized spacial score (nSPS) is 16.6. The van der Waals surface area contributed by atoms with Gasteiger partial charge in [0, 0.05) is 35.4 Å². The highest BCUT2D eigenvalue weighted by molar-refractivity contribution is 7.99. The third-order valence-corrected chi connectivity index (χ3v) is 5.38. The molecule has 1 saturated heterocycles. The Hall–Kier alpha value is -2.75. The molecule has 1 aliphatic rings. The van der Waals surface area contributed by atoms with Crippen LogP contribution in [0.25, 0.3) is 0 Å². The first-order valence-electron chi connectivity index (χ1n) is 9.07. The first kappa shape index (κ1) is 21.9. The van der Waals surface area contributed by atoms with Gasteiger partial charge in [-0.2, -0.15) is 0 Å². The van der Waals surface area contributed by atoms with Gasteiger partial charge in [-0.05, 0) is 30.7 Å². The summed E-state index contributed by atoms with van der Waals surface area (Å²) in [7, 11) is 0. The van der Waals surface area contributed by atoms with Gasteiger partial charge in [-0.1, -0.05) is 18.2 Å². The SMILES string of the molecule is O=C(CCSc1ccccc1F)NC1CCN(c2cccc(OC(F)(F)F)c2)C1=O. The highest BCUT2D eigenvalue weighted by atomic mass is 32.2. The van der Waals surface area contributed by atoms with Crippen molar-refractivity contribution in [3.8, 4) is 5.75 Å². The molecule has 0 aliphatic carbocycles. The zero-order chi connectivity index (χ0) is 21.7. The van der Waals surface area contributed by atoms with E-state index in [1.165, 1.54) is 34.9 Å². The molecule has 30 heavy (non-hydrogen) atoms. The third kappa shape index (κ3) is 5.88. The summed E-state index contributed by atoms with van der Waals surface area (Å²) in [5.41, 5.74) is 0.258.